The van der Waals surface area contributed by atoms with Crippen LogP contribution in [0.15, 0.2) is 74.8 Å². The number of carbonyl (C=O) groups excluding carboxylic acids is 1. The first-order chi connectivity index (χ1) is 15.8. The Morgan fingerprint density at radius 1 is 1.12 bits per heavy atom. The molecule has 4 aromatic heterocycles. The van der Waals surface area contributed by atoms with Crippen LogP contribution in [0.5, 0.6) is 0 Å². The van der Waals surface area contributed by atoms with Crippen molar-refractivity contribution in [2.45, 2.75) is 35.9 Å². The summed E-state index contributed by atoms with van der Waals surface area (Å²) in [6.45, 7) is 0. The molecule has 4 aromatic rings. The number of thiophene rings is 1. The minimum atomic E-state index is -0.151. The first-order valence-electron chi connectivity index (χ1n) is 10.2. The van der Waals surface area contributed by atoms with Gasteiger partial charge in [-0.3, -0.25) is 9.78 Å². The molecule has 0 fully saturated rings. The molecule has 0 aromatic carbocycles. The van der Waals surface area contributed by atoms with Crippen molar-refractivity contribution in [3.63, 3.8) is 0 Å². The van der Waals surface area contributed by atoms with Crippen molar-refractivity contribution in [1.29, 1.82) is 0 Å². The van der Waals surface area contributed by atoms with Gasteiger partial charge in [0.1, 0.15) is 10.8 Å². The van der Waals surface area contributed by atoms with E-state index in [1.54, 1.807) is 54.5 Å². The summed E-state index contributed by atoms with van der Waals surface area (Å²) in [4.78, 5) is 31.5. The van der Waals surface area contributed by atoms with Crippen molar-refractivity contribution in [1.82, 2.24) is 15.0 Å². The smallest absolute Gasteiger partial charge is 0.259 e. The van der Waals surface area contributed by atoms with E-state index in [1.165, 1.54) is 16.6 Å². The maximum Gasteiger partial charge on any atom is 0.259 e. The van der Waals surface area contributed by atoms with Crippen LogP contribution in [-0.2, 0) is 12.8 Å². The third kappa shape index (κ3) is 4.63. The van der Waals surface area contributed by atoms with Gasteiger partial charge < -0.3 is 9.73 Å². The van der Waals surface area contributed by atoms with Crippen molar-refractivity contribution in [2.24, 2.45) is 4.99 Å². The van der Waals surface area contributed by atoms with Gasteiger partial charge in [-0.15, -0.1) is 11.3 Å². The van der Waals surface area contributed by atoms with Gasteiger partial charge in [-0.2, -0.15) is 0 Å². The quantitative estimate of drug-likeness (QED) is 0.298. The number of anilines is 1. The molecule has 0 radical (unpaired) electrons. The van der Waals surface area contributed by atoms with Crippen LogP contribution in [0.3, 0.4) is 0 Å². The van der Waals surface area contributed by atoms with E-state index in [0.717, 1.165) is 31.2 Å². The fraction of sp³-hybridized carbons (Fsp3) is 0.174. The number of aryl methyl sites for hydroxylation is 1. The minimum Gasteiger partial charge on any atom is -0.448 e. The zero-order valence-electron chi connectivity index (χ0n) is 17.0. The largest absolute Gasteiger partial charge is 0.448 e. The molecule has 0 bridgehead atoms. The minimum absolute atomic E-state index is 0.151. The summed E-state index contributed by atoms with van der Waals surface area (Å²) in [7, 11) is 0. The molecule has 7 nitrogen and oxygen atoms in total. The number of hydrogen-bond donors (Lipinski definition) is 1. The summed E-state index contributed by atoms with van der Waals surface area (Å²) in [6.07, 6.45) is 12.5. The number of rotatable bonds is 6. The van der Waals surface area contributed by atoms with Crippen LogP contribution in [0.4, 0.5) is 10.7 Å². The number of aliphatic imine (C=N–C) groups is 1. The van der Waals surface area contributed by atoms with E-state index in [9.17, 15) is 4.79 Å². The van der Waals surface area contributed by atoms with Crippen molar-refractivity contribution in [3.8, 4) is 0 Å². The fourth-order valence-electron chi connectivity index (χ4n) is 3.52. The summed E-state index contributed by atoms with van der Waals surface area (Å²) in [6, 6.07) is 9.10. The Morgan fingerprint density at radius 3 is 2.84 bits per heavy atom. The van der Waals surface area contributed by atoms with Gasteiger partial charge in [0.2, 0.25) is 0 Å². The Morgan fingerprint density at radius 2 is 2.00 bits per heavy atom. The van der Waals surface area contributed by atoms with Crippen LogP contribution in [0.1, 0.15) is 39.4 Å². The monoisotopic (exact) mass is 461 g/mol. The second kappa shape index (κ2) is 9.46. The van der Waals surface area contributed by atoms with E-state index < -0.39 is 0 Å². The third-order valence-electron chi connectivity index (χ3n) is 4.94. The number of fused-ring (bicyclic) bond motifs is 1. The molecule has 0 spiro atoms. The molecule has 1 aliphatic carbocycles. The van der Waals surface area contributed by atoms with E-state index >= 15 is 0 Å². The average Bonchev–Trinajstić information content (AvgIpc) is 3.43. The van der Waals surface area contributed by atoms with E-state index in [-0.39, 0.29) is 5.91 Å². The van der Waals surface area contributed by atoms with E-state index in [4.69, 9.17) is 4.42 Å². The van der Waals surface area contributed by atoms with Gasteiger partial charge in [0.05, 0.1) is 23.7 Å². The topological polar surface area (TPSA) is 93.3 Å². The van der Waals surface area contributed by atoms with Crippen LogP contribution < -0.4 is 5.32 Å². The zero-order valence-corrected chi connectivity index (χ0v) is 18.7. The highest BCUT2D eigenvalue weighted by molar-refractivity contribution is 7.99. The van der Waals surface area contributed by atoms with Gasteiger partial charge >= 0.3 is 0 Å². The molecular weight excluding hydrogens is 442 g/mol. The molecule has 4 heterocycles. The van der Waals surface area contributed by atoms with Crippen molar-refractivity contribution in [2.75, 3.05) is 5.32 Å². The van der Waals surface area contributed by atoms with Crippen molar-refractivity contribution in [3.05, 3.63) is 76.9 Å². The van der Waals surface area contributed by atoms with Crippen LogP contribution >= 0.6 is 23.1 Å². The molecule has 0 atom stereocenters. The molecule has 160 valence electrons. The summed E-state index contributed by atoms with van der Waals surface area (Å²) < 4.78 is 5.84. The second-order valence-electron chi connectivity index (χ2n) is 7.14. The molecule has 1 aliphatic rings. The first-order valence-corrected chi connectivity index (χ1v) is 11.8. The molecule has 1 amide bonds. The highest BCUT2D eigenvalue weighted by Gasteiger charge is 2.25. The maximum atomic E-state index is 13.1. The molecule has 0 unspecified atom stereocenters. The summed E-state index contributed by atoms with van der Waals surface area (Å²) in [5, 5.41) is 4.95. The predicted molar refractivity (Wildman–Crippen MR) is 125 cm³/mol. The van der Waals surface area contributed by atoms with Gasteiger partial charge in [0, 0.05) is 23.5 Å². The standard InChI is InChI=1S/C23H19N5O2S2/c29-21(28-15-5-3-10-24-13-15)20-17-6-1-2-7-18(17)31-22(20)27-14-16-8-9-19(30-16)32-23-25-11-4-12-26-23/h3-5,8-14H,1-2,6-7H2,(H,28,29). The molecule has 5 rings (SSSR count). The SMILES string of the molecule is O=C(Nc1cccnc1)c1c(N=Cc2ccc(Sc3ncccn3)o2)sc2c1CCCC2. The highest BCUT2D eigenvalue weighted by atomic mass is 32.2. The number of nitrogens with one attached hydrogen (secondary N) is 1. The maximum absolute atomic E-state index is 13.1. The van der Waals surface area contributed by atoms with Crippen LogP contribution in [0.25, 0.3) is 0 Å². The number of hydrogen-bond acceptors (Lipinski definition) is 8. The zero-order chi connectivity index (χ0) is 21.8. The van der Waals surface area contributed by atoms with Gasteiger partial charge in [0.15, 0.2) is 10.2 Å². The third-order valence-corrected chi connectivity index (χ3v) is 6.96. The molecule has 0 saturated heterocycles. The van der Waals surface area contributed by atoms with Crippen molar-refractivity contribution >= 4 is 45.9 Å². The van der Waals surface area contributed by atoms with Gasteiger partial charge in [-0.05, 0) is 73.3 Å². The lowest BCUT2D eigenvalue weighted by molar-refractivity contribution is 0.102. The van der Waals surface area contributed by atoms with Gasteiger partial charge in [-0.25, -0.2) is 15.0 Å². The molecular formula is C23H19N5O2S2. The van der Waals surface area contributed by atoms with Crippen molar-refractivity contribution < 1.29 is 9.21 Å². The summed E-state index contributed by atoms with van der Waals surface area (Å²) >= 11 is 2.93. The van der Waals surface area contributed by atoms with Crippen LogP contribution in [0.2, 0.25) is 0 Å². The van der Waals surface area contributed by atoms with E-state index in [1.807, 2.05) is 18.2 Å². The van der Waals surface area contributed by atoms with Gasteiger partial charge in [-0.1, -0.05) is 0 Å². The van der Waals surface area contributed by atoms with Crippen LogP contribution in [-0.4, -0.2) is 27.1 Å². The lowest BCUT2D eigenvalue weighted by atomic mass is 9.95. The average molecular weight is 462 g/mol. The lowest BCUT2D eigenvalue weighted by Gasteiger charge is -2.12. The lowest BCUT2D eigenvalue weighted by Crippen LogP contribution is -2.14. The Kier molecular flexibility index (Phi) is 6.09. The second-order valence-corrected chi connectivity index (χ2v) is 9.19. The molecule has 1 N–H and O–H groups in total. The normalized spacial score (nSPS) is 13.2. The predicted octanol–water partition coefficient (Wildman–Crippen LogP) is 5.56. The molecule has 0 aliphatic heterocycles. The summed E-state index contributed by atoms with van der Waals surface area (Å²) in [5.74, 6) is 0.454. The Hall–Kier alpha value is -3.30. The molecule has 0 saturated carbocycles. The molecule has 32 heavy (non-hydrogen) atoms. The first kappa shape index (κ1) is 20.6. The summed E-state index contributed by atoms with van der Waals surface area (Å²) in [5.41, 5.74) is 2.44. The fourth-order valence-corrected chi connectivity index (χ4v) is 5.43. The number of furan rings is 1. The number of amides is 1. The Balaban J connectivity index is 1.39. The van der Waals surface area contributed by atoms with E-state index in [2.05, 4.69) is 25.3 Å². The van der Waals surface area contributed by atoms with Crippen LogP contribution in [0, 0.1) is 0 Å². The molecule has 9 heteroatoms. The highest BCUT2D eigenvalue weighted by Crippen LogP contribution is 2.40. The van der Waals surface area contributed by atoms with Gasteiger partial charge in [0.25, 0.3) is 5.91 Å². The number of nitrogens with zero attached hydrogens (tertiary/aromatic N) is 4. The Bertz CT molecular complexity index is 1250. The Labute approximate surface area is 193 Å². The number of aromatic nitrogens is 3. The number of carbonyl (C=O) groups is 1. The number of pyridine rings is 1. The van der Waals surface area contributed by atoms with E-state index in [0.29, 0.717) is 32.3 Å².